The van der Waals surface area contributed by atoms with Gasteiger partial charge in [-0.1, -0.05) is 6.42 Å². The second-order valence-electron chi connectivity index (χ2n) is 8.29. The van der Waals surface area contributed by atoms with Crippen molar-refractivity contribution in [3.8, 4) is 0 Å². The van der Waals surface area contributed by atoms with Gasteiger partial charge in [0.2, 0.25) is 0 Å². The highest BCUT2D eigenvalue weighted by Gasteiger charge is 2.22. The van der Waals surface area contributed by atoms with Crippen molar-refractivity contribution in [3.63, 3.8) is 0 Å². The van der Waals surface area contributed by atoms with Crippen LogP contribution in [0.3, 0.4) is 0 Å². The number of unbranched alkanes of at least 4 members (excludes halogenated alkanes) is 1. The van der Waals surface area contributed by atoms with E-state index in [4.69, 9.17) is 9.73 Å². The number of hydrogen-bond donors (Lipinski definition) is 2. The molecule has 0 saturated carbocycles. The van der Waals surface area contributed by atoms with E-state index >= 15 is 0 Å². The highest BCUT2D eigenvalue weighted by atomic mass is 16.5. The average molecular weight is 406 g/mol. The summed E-state index contributed by atoms with van der Waals surface area (Å²) in [6.07, 6.45) is 8.45. The van der Waals surface area contributed by atoms with Crippen molar-refractivity contribution in [2.45, 2.75) is 84.0 Å². The summed E-state index contributed by atoms with van der Waals surface area (Å²) in [6, 6.07) is 1.08. The van der Waals surface area contributed by atoms with Gasteiger partial charge >= 0.3 is 0 Å². The Balaban J connectivity index is 1.43. The SMILES string of the molecule is CCNC(=NCCCCN1CCCCC1C)NC1CCc2nc(COC)nn2C1. The largest absolute Gasteiger partial charge is 0.377 e. The van der Waals surface area contributed by atoms with Gasteiger partial charge in [0, 0.05) is 38.7 Å². The monoisotopic (exact) mass is 405 g/mol. The number of ether oxygens (including phenoxy) is 1. The number of nitrogens with zero attached hydrogens (tertiary/aromatic N) is 5. The van der Waals surface area contributed by atoms with Gasteiger partial charge in [-0.25, -0.2) is 9.67 Å². The topological polar surface area (TPSA) is 79.6 Å². The van der Waals surface area contributed by atoms with E-state index in [9.17, 15) is 0 Å². The van der Waals surface area contributed by atoms with Crippen molar-refractivity contribution in [2.75, 3.05) is 33.3 Å². The van der Waals surface area contributed by atoms with Crippen LogP contribution in [0.1, 0.15) is 64.0 Å². The summed E-state index contributed by atoms with van der Waals surface area (Å²) in [7, 11) is 1.68. The predicted octanol–water partition coefficient (Wildman–Crippen LogP) is 1.95. The molecule has 0 radical (unpaired) electrons. The Labute approximate surface area is 175 Å². The lowest BCUT2D eigenvalue weighted by molar-refractivity contribution is 0.158. The summed E-state index contributed by atoms with van der Waals surface area (Å²) in [5.41, 5.74) is 0. The first-order valence-electron chi connectivity index (χ1n) is 11.4. The van der Waals surface area contributed by atoms with Crippen LogP contribution in [0.5, 0.6) is 0 Å². The van der Waals surface area contributed by atoms with E-state index < -0.39 is 0 Å². The fourth-order valence-corrected chi connectivity index (χ4v) is 4.29. The summed E-state index contributed by atoms with van der Waals surface area (Å²) in [5, 5.41) is 11.5. The Morgan fingerprint density at radius 1 is 1.28 bits per heavy atom. The van der Waals surface area contributed by atoms with Gasteiger partial charge in [-0.15, -0.1) is 0 Å². The molecule has 0 aromatic carbocycles. The molecule has 3 rings (SSSR count). The smallest absolute Gasteiger partial charge is 0.191 e. The maximum absolute atomic E-state index is 5.15. The number of aryl methyl sites for hydroxylation is 1. The van der Waals surface area contributed by atoms with E-state index in [2.05, 4.69) is 39.5 Å². The molecule has 2 unspecified atom stereocenters. The van der Waals surface area contributed by atoms with Gasteiger partial charge in [0.05, 0.1) is 6.54 Å². The maximum atomic E-state index is 5.15. The van der Waals surface area contributed by atoms with Gasteiger partial charge in [0.15, 0.2) is 11.8 Å². The second-order valence-corrected chi connectivity index (χ2v) is 8.29. The van der Waals surface area contributed by atoms with Crippen LogP contribution < -0.4 is 10.6 Å². The minimum atomic E-state index is 0.326. The standard InChI is InChI=1S/C21H39N7O/c1-4-22-21(23-12-6-8-14-27-13-7-5-9-17(27)2)24-18-10-11-20-25-19(16-29-3)26-28(20)15-18/h17-18H,4-16H2,1-3H3,(H2,22,23,24). The molecule has 1 aromatic rings. The van der Waals surface area contributed by atoms with Crippen LogP contribution in [-0.2, 0) is 24.3 Å². The molecular weight excluding hydrogens is 366 g/mol. The maximum Gasteiger partial charge on any atom is 0.191 e. The van der Waals surface area contributed by atoms with Crippen molar-refractivity contribution in [1.82, 2.24) is 30.3 Å². The minimum absolute atomic E-state index is 0.326. The van der Waals surface area contributed by atoms with Gasteiger partial charge in [0.25, 0.3) is 0 Å². The molecule has 0 aliphatic carbocycles. The second kappa shape index (κ2) is 11.5. The highest BCUT2D eigenvalue weighted by molar-refractivity contribution is 5.80. The molecule has 1 aromatic heterocycles. The Hall–Kier alpha value is -1.67. The molecule has 2 atom stereocenters. The Bertz CT molecular complexity index is 645. The summed E-state index contributed by atoms with van der Waals surface area (Å²) in [6.45, 7) is 10.00. The average Bonchev–Trinajstić information content (AvgIpc) is 3.11. The van der Waals surface area contributed by atoms with E-state index in [0.717, 1.165) is 62.5 Å². The van der Waals surface area contributed by atoms with E-state index in [1.807, 2.05) is 4.68 Å². The van der Waals surface area contributed by atoms with Crippen molar-refractivity contribution in [1.29, 1.82) is 0 Å². The lowest BCUT2D eigenvalue weighted by Crippen LogP contribution is -2.47. The third-order valence-corrected chi connectivity index (χ3v) is 5.92. The molecule has 1 saturated heterocycles. The van der Waals surface area contributed by atoms with E-state index in [-0.39, 0.29) is 0 Å². The zero-order chi connectivity index (χ0) is 20.5. The first-order chi connectivity index (χ1) is 14.2. The summed E-state index contributed by atoms with van der Waals surface area (Å²) in [5.74, 6) is 2.75. The van der Waals surface area contributed by atoms with Crippen molar-refractivity contribution in [3.05, 3.63) is 11.6 Å². The van der Waals surface area contributed by atoms with E-state index in [1.54, 1.807) is 7.11 Å². The molecule has 1 fully saturated rings. The number of nitrogens with one attached hydrogen (secondary N) is 2. The molecule has 8 heteroatoms. The van der Waals surface area contributed by atoms with Gasteiger partial charge in [0.1, 0.15) is 12.4 Å². The summed E-state index contributed by atoms with van der Waals surface area (Å²) < 4.78 is 7.16. The molecule has 2 N–H and O–H groups in total. The number of rotatable bonds is 9. The van der Waals surface area contributed by atoms with E-state index in [0.29, 0.717) is 12.6 Å². The fourth-order valence-electron chi connectivity index (χ4n) is 4.29. The zero-order valence-corrected chi connectivity index (χ0v) is 18.5. The van der Waals surface area contributed by atoms with Crippen LogP contribution in [0.2, 0.25) is 0 Å². The van der Waals surface area contributed by atoms with Crippen LogP contribution >= 0.6 is 0 Å². The Morgan fingerprint density at radius 3 is 2.97 bits per heavy atom. The number of aliphatic imine (C=N–C) groups is 1. The molecule has 2 aliphatic heterocycles. The lowest BCUT2D eigenvalue weighted by atomic mass is 10.0. The number of aromatic nitrogens is 3. The first-order valence-corrected chi connectivity index (χ1v) is 11.4. The third kappa shape index (κ3) is 6.67. The van der Waals surface area contributed by atoms with Gasteiger partial charge in [-0.05, 0) is 59.0 Å². The van der Waals surface area contributed by atoms with Crippen LogP contribution in [0, 0.1) is 0 Å². The fraction of sp³-hybridized carbons (Fsp3) is 0.857. The first kappa shape index (κ1) is 22.0. The Morgan fingerprint density at radius 2 is 2.17 bits per heavy atom. The number of hydrogen-bond acceptors (Lipinski definition) is 5. The molecule has 3 heterocycles. The number of fused-ring (bicyclic) bond motifs is 1. The summed E-state index contributed by atoms with van der Waals surface area (Å²) >= 11 is 0. The highest BCUT2D eigenvalue weighted by Crippen LogP contribution is 2.17. The van der Waals surface area contributed by atoms with Crippen LogP contribution in [0.4, 0.5) is 0 Å². The van der Waals surface area contributed by atoms with E-state index in [1.165, 1.54) is 38.8 Å². The van der Waals surface area contributed by atoms with Gasteiger partial charge in [-0.2, -0.15) is 5.10 Å². The summed E-state index contributed by atoms with van der Waals surface area (Å²) in [4.78, 5) is 12.0. The normalized spacial score (nSPS) is 23.1. The molecule has 2 aliphatic rings. The lowest BCUT2D eigenvalue weighted by Gasteiger charge is -2.33. The Kier molecular flexibility index (Phi) is 8.73. The van der Waals surface area contributed by atoms with Crippen LogP contribution in [0.15, 0.2) is 4.99 Å². The zero-order valence-electron chi connectivity index (χ0n) is 18.5. The molecular formula is C21H39N7O. The third-order valence-electron chi connectivity index (χ3n) is 5.92. The van der Waals surface area contributed by atoms with Crippen molar-refractivity contribution >= 4 is 5.96 Å². The predicted molar refractivity (Wildman–Crippen MR) is 116 cm³/mol. The molecule has 0 spiro atoms. The number of likely N-dealkylation sites (tertiary alicyclic amines) is 1. The minimum Gasteiger partial charge on any atom is -0.377 e. The molecule has 0 bridgehead atoms. The van der Waals surface area contributed by atoms with Crippen LogP contribution in [0.25, 0.3) is 0 Å². The number of guanidine groups is 1. The number of piperidine rings is 1. The van der Waals surface area contributed by atoms with Crippen molar-refractivity contribution in [2.24, 2.45) is 4.99 Å². The molecule has 8 nitrogen and oxygen atoms in total. The quantitative estimate of drug-likeness (QED) is 0.371. The van der Waals surface area contributed by atoms with Crippen molar-refractivity contribution < 1.29 is 4.74 Å². The molecule has 164 valence electrons. The molecule has 0 amide bonds. The number of methoxy groups -OCH3 is 1. The molecule has 29 heavy (non-hydrogen) atoms. The van der Waals surface area contributed by atoms with Gasteiger partial charge in [-0.3, -0.25) is 4.99 Å². The van der Waals surface area contributed by atoms with Crippen LogP contribution in [-0.4, -0.2) is 71.0 Å². The van der Waals surface area contributed by atoms with Gasteiger partial charge < -0.3 is 20.3 Å².